The average Bonchev–Trinajstić information content (AvgIpc) is 3.76. The summed E-state index contributed by atoms with van der Waals surface area (Å²) >= 11 is 0. The minimum Gasteiger partial charge on any atom is -0.493 e. The van der Waals surface area contributed by atoms with Crippen molar-refractivity contribution in [1.82, 2.24) is 10.2 Å². The quantitative estimate of drug-likeness (QED) is 0.198. The van der Waals surface area contributed by atoms with Gasteiger partial charge in [-0.25, -0.2) is 4.79 Å². The van der Waals surface area contributed by atoms with Crippen molar-refractivity contribution in [3.05, 3.63) is 59.7 Å². The lowest BCUT2D eigenvalue weighted by molar-refractivity contribution is -0.123. The summed E-state index contributed by atoms with van der Waals surface area (Å²) in [4.78, 5) is 28.7. The van der Waals surface area contributed by atoms with Gasteiger partial charge < -0.3 is 29.2 Å². The van der Waals surface area contributed by atoms with Crippen molar-refractivity contribution < 1.29 is 28.5 Å². The predicted molar refractivity (Wildman–Crippen MR) is 181 cm³/mol. The molecule has 2 aromatic carbocycles. The van der Waals surface area contributed by atoms with Crippen LogP contribution in [0.4, 0.5) is 4.79 Å². The largest absolute Gasteiger partial charge is 0.493 e. The number of hydrogen-bond donors (Lipinski definition) is 1. The van der Waals surface area contributed by atoms with Crippen molar-refractivity contribution >= 4 is 12.0 Å². The highest BCUT2D eigenvalue weighted by atomic mass is 16.6. The van der Waals surface area contributed by atoms with Crippen LogP contribution in [0.1, 0.15) is 77.3 Å². The molecule has 2 aliphatic rings. The molecule has 0 spiro atoms. The average molecular weight is 637 g/mol. The van der Waals surface area contributed by atoms with E-state index in [4.69, 9.17) is 18.9 Å². The Kier molecular flexibility index (Phi) is 12.8. The summed E-state index contributed by atoms with van der Waals surface area (Å²) in [6, 6.07) is 16.3. The summed E-state index contributed by atoms with van der Waals surface area (Å²) in [5, 5.41) is 3.33. The number of rotatable bonds is 16. The Bertz CT molecular complexity index is 1260. The van der Waals surface area contributed by atoms with E-state index in [0.717, 1.165) is 49.2 Å². The lowest BCUT2D eigenvalue weighted by atomic mass is 9.79. The van der Waals surface area contributed by atoms with Crippen LogP contribution in [0.15, 0.2) is 48.5 Å². The van der Waals surface area contributed by atoms with E-state index in [1.165, 1.54) is 5.56 Å². The molecular weight excluding hydrogens is 580 g/mol. The van der Waals surface area contributed by atoms with Gasteiger partial charge in [-0.3, -0.25) is 4.79 Å². The molecule has 46 heavy (non-hydrogen) atoms. The summed E-state index contributed by atoms with van der Waals surface area (Å²) < 4.78 is 22.6. The van der Waals surface area contributed by atoms with Crippen molar-refractivity contribution in [2.24, 2.45) is 29.6 Å². The Morgan fingerprint density at radius 2 is 1.67 bits per heavy atom. The predicted octanol–water partition coefficient (Wildman–Crippen LogP) is 7.11. The van der Waals surface area contributed by atoms with Crippen molar-refractivity contribution in [2.45, 2.75) is 78.2 Å². The molecule has 0 bridgehead atoms. The maximum absolute atomic E-state index is 13.6. The number of ether oxygens (including phenoxy) is 4. The number of methoxy groups -OCH3 is 2. The molecule has 254 valence electrons. The molecule has 0 aromatic heterocycles. The zero-order valence-electron chi connectivity index (χ0n) is 29.1. The Morgan fingerprint density at radius 3 is 2.30 bits per heavy atom. The standard InChI is InChI=1S/C38H56N2O6/c1-26(2)30(20-27-14-17-33(44-7)34(21-27)45-19-11-18-43-6)22-31-24-40(37(42)46-38(3,4)5)25-32(31)23-39-36(41)35(29-15-16-29)28-12-9-8-10-13-28/h8-10,12-14,17,21,26,29-32,35H,11,15-16,18-20,22-25H2,1-7H3,(H,39,41)/t30-,31+,32+,35?/m0/s1. The van der Waals surface area contributed by atoms with Gasteiger partial charge in [0.05, 0.1) is 19.6 Å². The van der Waals surface area contributed by atoms with Gasteiger partial charge in [-0.2, -0.15) is 0 Å². The molecule has 8 nitrogen and oxygen atoms in total. The summed E-state index contributed by atoms with van der Waals surface area (Å²) in [6.45, 7) is 13.2. The van der Waals surface area contributed by atoms with Crippen LogP contribution in [-0.4, -0.2) is 69.6 Å². The molecule has 2 aromatic rings. The summed E-state index contributed by atoms with van der Waals surface area (Å²) in [5.41, 5.74) is 1.72. The number of nitrogens with one attached hydrogen (secondary N) is 1. The highest BCUT2D eigenvalue weighted by molar-refractivity contribution is 5.84. The second-order valence-corrected chi connectivity index (χ2v) is 14.5. The molecule has 1 N–H and O–H groups in total. The van der Waals surface area contributed by atoms with Gasteiger partial charge in [0.15, 0.2) is 11.5 Å². The lowest BCUT2D eigenvalue weighted by Crippen LogP contribution is -2.38. The first-order valence-corrected chi connectivity index (χ1v) is 17.1. The molecule has 4 atom stereocenters. The van der Waals surface area contributed by atoms with E-state index < -0.39 is 5.60 Å². The fourth-order valence-electron chi connectivity index (χ4n) is 6.61. The first kappa shape index (κ1) is 35.6. The van der Waals surface area contributed by atoms with Crippen LogP contribution in [0.2, 0.25) is 0 Å². The number of likely N-dealkylation sites (tertiary alicyclic amines) is 1. The first-order valence-electron chi connectivity index (χ1n) is 17.1. The van der Waals surface area contributed by atoms with E-state index in [9.17, 15) is 9.59 Å². The van der Waals surface area contributed by atoms with Crippen molar-refractivity contribution in [3.8, 4) is 11.5 Å². The van der Waals surface area contributed by atoms with Crippen LogP contribution >= 0.6 is 0 Å². The minimum absolute atomic E-state index is 0.0971. The molecule has 1 unspecified atom stereocenters. The molecular formula is C38H56N2O6. The number of hydrogen-bond acceptors (Lipinski definition) is 6. The Balaban J connectivity index is 1.47. The third-order valence-corrected chi connectivity index (χ3v) is 9.33. The second kappa shape index (κ2) is 16.5. The van der Waals surface area contributed by atoms with Crippen LogP contribution in [-0.2, 0) is 20.7 Å². The van der Waals surface area contributed by atoms with Crippen LogP contribution < -0.4 is 14.8 Å². The second-order valence-electron chi connectivity index (χ2n) is 14.5. The first-order chi connectivity index (χ1) is 22.0. The number of nitrogens with zero attached hydrogens (tertiary/aromatic N) is 1. The van der Waals surface area contributed by atoms with Crippen LogP contribution in [0, 0.1) is 29.6 Å². The topological polar surface area (TPSA) is 86.3 Å². The van der Waals surface area contributed by atoms with E-state index >= 15 is 0 Å². The normalized spacial score (nSPS) is 19.5. The van der Waals surface area contributed by atoms with E-state index in [1.54, 1.807) is 14.2 Å². The number of amides is 2. The van der Waals surface area contributed by atoms with Gasteiger partial charge in [-0.05, 0) is 99.3 Å². The maximum Gasteiger partial charge on any atom is 0.410 e. The number of carbonyl (C=O) groups excluding carboxylic acids is 2. The van der Waals surface area contributed by atoms with Gasteiger partial charge in [0.2, 0.25) is 5.91 Å². The van der Waals surface area contributed by atoms with Gasteiger partial charge in [0.25, 0.3) is 0 Å². The number of carbonyl (C=O) groups is 2. The van der Waals surface area contributed by atoms with Crippen molar-refractivity contribution in [3.63, 3.8) is 0 Å². The summed E-state index contributed by atoms with van der Waals surface area (Å²) in [7, 11) is 3.36. The summed E-state index contributed by atoms with van der Waals surface area (Å²) in [6.07, 6.45) is 4.53. The lowest BCUT2D eigenvalue weighted by Gasteiger charge is -2.28. The molecule has 1 aliphatic heterocycles. The van der Waals surface area contributed by atoms with Gasteiger partial charge >= 0.3 is 6.09 Å². The third-order valence-electron chi connectivity index (χ3n) is 9.33. The highest BCUT2D eigenvalue weighted by Gasteiger charge is 2.41. The smallest absolute Gasteiger partial charge is 0.410 e. The Morgan fingerprint density at radius 1 is 0.957 bits per heavy atom. The molecule has 1 saturated heterocycles. The van der Waals surface area contributed by atoms with Gasteiger partial charge in [-0.15, -0.1) is 0 Å². The molecule has 0 radical (unpaired) electrons. The van der Waals surface area contributed by atoms with Crippen molar-refractivity contribution in [2.75, 3.05) is 47.1 Å². The Labute approximate surface area is 276 Å². The van der Waals surface area contributed by atoms with E-state index in [0.29, 0.717) is 50.6 Å². The zero-order valence-corrected chi connectivity index (χ0v) is 29.1. The SMILES string of the molecule is COCCCOc1cc(C[C@@H](C[C@@H]2CN(C(=O)OC(C)(C)C)C[C@H]2CNC(=O)C(c2ccccc2)C2CC2)C(C)C)ccc1OC. The Hall–Kier alpha value is -3.26. The molecule has 2 fully saturated rings. The van der Waals surface area contributed by atoms with E-state index in [-0.39, 0.29) is 29.8 Å². The van der Waals surface area contributed by atoms with Crippen LogP contribution in [0.3, 0.4) is 0 Å². The van der Waals surface area contributed by atoms with Crippen molar-refractivity contribution in [1.29, 1.82) is 0 Å². The summed E-state index contributed by atoms with van der Waals surface area (Å²) in [5.74, 6) is 3.04. The van der Waals surface area contributed by atoms with E-state index in [1.807, 2.05) is 49.9 Å². The molecule has 4 rings (SSSR count). The third kappa shape index (κ3) is 10.4. The minimum atomic E-state index is -0.565. The molecule has 2 amide bonds. The monoisotopic (exact) mass is 636 g/mol. The maximum atomic E-state index is 13.6. The van der Waals surface area contributed by atoms with Gasteiger partial charge in [0, 0.05) is 39.8 Å². The molecule has 1 aliphatic carbocycles. The number of benzene rings is 2. The fourth-order valence-corrected chi connectivity index (χ4v) is 6.61. The molecule has 8 heteroatoms. The van der Waals surface area contributed by atoms with Crippen LogP contribution in [0.5, 0.6) is 11.5 Å². The fraction of sp³-hybridized carbons (Fsp3) is 0.632. The molecule has 1 saturated carbocycles. The van der Waals surface area contributed by atoms with Gasteiger partial charge in [-0.1, -0.05) is 50.2 Å². The van der Waals surface area contributed by atoms with Gasteiger partial charge in [0.1, 0.15) is 5.60 Å². The van der Waals surface area contributed by atoms with Crippen LogP contribution in [0.25, 0.3) is 0 Å². The van der Waals surface area contributed by atoms with E-state index in [2.05, 4.69) is 43.4 Å². The zero-order chi connectivity index (χ0) is 33.3. The highest BCUT2D eigenvalue weighted by Crippen LogP contribution is 2.43. The molecule has 1 heterocycles.